The molecule has 0 aromatic rings. The molecule has 3 nitrogen and oxygen atoms in total. The van der Waals surface area contributed by atoms with Gasteiger partial charge in [0.15, 0.2) is 0 Å². The summed E-state index contributed by atoms with van der Waals surface area (Å²) in [4.78, 5) is 4.59. The lowest BCUT2D eigenvalue weighted by molar-refractivity contribution is 0.304. The monoisotopic (exact) mass is 213 g/mol. The van der Waals surface area contributed by atoms with Crippen LogP contribution in [0.4, 0.5) is 0 Å². The first-order chi connectivity index (χ1) is 6.79. The van der Waals surface area contributed by atoms with E-state index in [1.807, 2.05) is 11.8 Å². The van der Waals surface area contributed by atoms with Gasteiger partial charge in [0.25, 0.3) is 0 Å². The number of amidine groups is 1. The highest BCUT2D eigenvalue weighted by Gasteiger charge is 2.28. The van der Waals surface area contributed by atoms with Crippen LogP contribution in [0.25, 0.3) is 0 Å². The smallest absolute Gasteiger partial charge is 0.114 e. The van der Waals surface area contributed by atoms with Gasteiger partial charge in [-0.25, -0.2) is 0 Å². The second-order valence-electron chi connectivity index (χ2n) is 4.15. The molecule has 0 spiro atoms. The maximum Gasteiger partial charge on any atom is 0.114 e. The Morgan fingerprint density at radius 3 is 2.64 bits per heavy atom. The third-order valence-corrected chi connectivity index (χ3v) is 4.18. The first-order valence-corrected chi connectivity index (χ1v) is 6.56. The van der Waals surface area contributed by atoms with Crippen molar-refractivity contribution in [3.63, 3.8) is 0 Å². The molecule has 1 unspecified atom stereocenters. The molecule has 80 valence electrons. The fourth-order valence-corrected chi connectivity index (χ4v) is 3.36. The van der Waals surface area contributed by atoms with E-state index in [4.69, 9.17) is 5.41 Å². The van der Waals surface area contributed by atoms with Crippen LogP contribution >= 0.6 is 11.8 Å². The lowest BCUT2D eigenvalue weighted by atomic mass is 10.2. The zero-order chi connectivity index (χ0) is 9.97. The number of thioether (sulfide) groups is 1. The summed E-state index contributed by atoms with van der Waals surface area (Å²) in [6.07, 6.45) is 2.54. The third kappa shape index (κ3) is 2.06. The Bertz CT molecular complexity index is 213. The molecule has 2 aliphatic rings. The van der Waals surface area contributed by atoms with Gasteiger partial charge >= 0.3 is 0 Å². The summed E-state index contributed by atoms with van der Waals surface area (Å²) in [7, 11) is 2.15. The van der Waals surface area contributed by atoms with Gasteiger partial charge in [0, 0.05) is 31.1 Å². The van der Waals surface area contributed by atoms with Crippen LogP contribution in [0.3, 0.4) is 0 Å². The number of likely N-dealkylation sites (N-methyl/N-ethyl adjacent to an activating group) is 1. The van der Waals surface area contributed by atoms with Gasteiger partial charge < -0.3 is 4.90 Å². The van der Waals surface area contributed by atoms with Crippen molar-refractivity contribution in [3.8, 4) is 0 Å². The summed E-state index contributed by atoms with van der Waals surface area (Å²) >= 11 is 1.98. The average molecular weight is 213 g/mol. The molecule has 2 fully saturated rings. The largest absolute Gasteiger partial charge is 0.359 e. The van der Waals surface area contributed by atoms with Crippen LogP contribution in [0.15, 0.2) is 0 Å². The molecule has 0 amide bonds. The summed E-state index contributed by atoms with van der Waals surface area (Å²) in [5, 5.41) is 8.18. The minimum atomic E-state index is 0.367. The van der Waals surface area contributed by atoms with Crippen molar-refractivity contribution in [1.82, 2.24) is 9.80 Å². The van der Waals surface area contributed by atoms with Crippen molar-refractivity contribution in [3.05, 3.63) is 0 Å². The highest BCUT2D eigenvalue weighted by atomic mass is 32.2. The molecule has 2 aliphatic heterocycles. The number of nitrogens with one attached hydrogen (secondary N) is 1. The molecule has 2 saturated heterocycles. The van der Waals surface area contributed by atoms with E-state index in [0.717, 1.165) is 31.2 Å². The quantitative estimate of drug-likeness (QED) is 0.523. The number of hydrogen-bond donors (Lipinski definition) is 1. The van der Waals surface area contributed by atoms with Crippen molar-refractivity contribution in [2.75, 3.05) is 38.2 Å². The molecular weight excluding hydrogens is 194 g/mol. The van der Waals surface area contributed by atoms with Crippen molar-refractivity contribution < 1.29 is 0 Å². The van der Waals surface area contributed by atoms with Gasteiger partial charge in [0.1, 0.15) is 5.84 Å². The molecule has 0 radical (unpaired) electrons. The first-order valence-electron chi connectivity index (χ1n) is 5.40. The van der Waals surface area contributed by atoms with Crippen LogP contribution < -0.4 is 0 Å². The van der Waals surface area contributed by atoms with Gasteiger partial charge in [0.2, 0.25) is 0 Å². The minimum absolute atomic E-state index is 0.367. The molecule has 2 heterocycles. The molecule has 0 bridgehead atoms. The van der Waals surface area contributed by atoms with Crippen molar-refractivity contribution >= 4 is 17.6 Å². The van der Waals surface area contributed by atoms with Crippen molar-refractivity contribution in [1.29, 1.82) is 5.41 Å². The van der Waals surface area contributed by atoms with Gasteiger partial charge in [-0.05, 0) is 19.9 Å². The highest BCUT2D eigenvalue weighted by molar-refractivity contribution is 7.99. The SMILES string of the molecule is CN1CCSCC1C(=N)N1CCCC1. The van der Waals surface area contributed by atoms with E-state index in [1.165, 1.54) is 18.6 Å². The minimum Gasteiger partial charge on any atom is -0.359 e. The van der Waals surface area contributed by atoms with Crippen LogP contribution in [0.1, 0.15) is 12.8 Å². The number of likely N-dealkylation sites (tertiary alicyclic amines) is 1. The number of hydrogen-bond acceptors (Lipinski definition) is 3. The summed E-state index contributed by atoms with van der Waals surface area (Å²) < 4.78 is 0. The Hall–Kier alpha value is -0.220. The Morgan fingerprint density at radius 2 is 2.00 bits per heavy atom. The van der Waals surface area contributed by atoms with Crippen LogP contribution in [0.5, 0.6) is 0 Å². The van der Waals surface area contributed by atoms with E-state index in [2.05, 4.69) is 16.8 Å². The summed E-state index contributed by atoms with van der Waals surface area (Å²) in [5.74, 6) is 3.18. The van der Waals surface area contributed by atoms with E-state index in [0.29, 0.717) is 6.04 Å². The second kappa shape index (κ2) is 4.53. The molecule has 0 aliphatic carbocycles. The molecule has 0 saturated carbocycles. The van der Waals surface area contributed by atoms with Crippen LogP contribution in [0.2, 0.25) is 0 Å². The molecule has 1 N–H and O–H groups in total. The maximum absolute atomic E-state index is 8.18. The van der Waals surface area contributed by atoms with Gasteiger partial charge in [-0.2, -0.15) is 11.8 Å². The predicted octanol–water partition coefficient (Wildman–Crippen LogP) is 1.11. The second-order valence-corrected chi connectivity index (χ2v) is 5.30. The molecule has 2 rings (SSSR count). The summed E-state index contributed by atoms with van der Waals surface area (Å²) in [5.41, 5.74) is 0. The lowest BCUT2D eigenvalue weighted by Gasteiger charge is -2.35. The Kier molecular flexibility index (Phi) is 3.34. The lowest BCUT2D eigenvalue weighted by Crippen LogP contribution is -2.50. The fraction of sp³-hybridized carbons (Fsp3) is 0.900. The van der Waals surface area contributed by atoms with E-state index < -0.39 is 0 Å². The van der Waals surface area contributed by atoms with Gasteiger partial charge in [-0.3, -0.25) is 10.3 Å². The van der Waals surface area contributed by atoms with E-state index >= 15 is 0 Å². The predicted molar refractivity (Wildman–Crippen MR) is 62.3 cm³/mol. The summed E-state index contributed by atoms with van der Waals surface area (Å²) in [6.45, 7) is 3.34. The molecule has 14 heavy (non-hydrogen) atoms. The highest BCUT2D eigenvalue weighted by Crippen LogP contribution is 2.19. The Morgan fingerprint density at radius 1 is 1.29 bits per heavy atom. The van der Waals surface area contributed by atoms with E-state index in [1.54, 1.807) is 0 Å². The van der Waals surface area contributed by atoms with E-state index in [9.17, 15) is 0 Å². The van der Waals surface area contributed by atoms with Crippen molar-refractivity contribution in [2.45, 2.75) is 18.9 Å². The fourth-order valence-electron chi connectivity index (χ4n) is 2.14. The third-order valence-electron chi connectivity index (χ3n) is 3.16. The van der Waals surface area contributed by atoms with Gasteiger partial charge in [0.05, 0.1) is 6.04 Å². The average Bonchev–Trinajstić information content (AvgIpc) is 2.70. The molecule has 0 aromatic heterocycles. The normalized spacial score (nSPS) is 29.5. The molecule has 1 atom stereocenters. The van der Waals surface area contributed by atoms with Crippen LogP contribution in [-0.4, -0.2) is 59.9 Å². The van der Waals surface area contributed by atoms with Gasteiger partial charge in [-0.1, -0.05) is 0 Å². The van der Waals surface area contributed by atoms with Crippen LogP contribution in [0, 0.1) is 5.41 Å². The van der Waals surface area contributed by atoms with E-state index in [-0.39, 0.29) is 0 Å². The number of nitrogens with zero attached hydrogens (tertiary/aromatic N) is 2. The first kappa shape index (κ1) is 10.3. The summed E-state index contributed by atoms with van der Waals surface area (Å²) in [6, 6.07) is 0.367. The van der Waals surface area contributed by atoms with Crippen LogP contribution in [-0.2, 0) is 0 Å². The van der Waals surface area contributed by atoms with Crippen molar-refractivity contribution in [2.24, 2.45) is 0 Å². The Labute approximate surface area is 90.3 Å². The zero-order valence-corrected chi connectivity index (χ0v) is 9.65. The standard InChI is InChI=1S/C10H19N3S/c1-12-6-7-14-8-9(12)10(11)13-4-2-3-5-13/h9,11H,2-8H2,1H3. The van der Waals surface area contributed by atoms with Gasteiger partial charge in [-0.15, -0.1) is 0 Å². The number of rotatable bonds is 1. The molecule has 0 aromatic carbocycles. The Balaban J connectivity index is 1.94. The molecule has 4 heteroatoms. The maximum atomic E-state index is 8.18. The molecular formula is C10H19N3S. The zero-order valence-electron chi connectivity index (χ0n) is 8.83. The topological polar surface area (TPSA) is 30.3 Å².